The van der Waals surface area contributed by atoms with Crippen LogP contribution in [0.1, 0.15) is 48.5 Å². The van der Waals surface area contributed by atoms with Gasteiger partial charge in [-0.1, -0.05) is 49.4 Å². The molecule has 0 fully saturated rings. The van der Waals surface area contributed by atoms with Gasteiger partial charge in [0.05, 0.1) is 31.1 Å². The van der Waals surface area contributed by atoms with E-state index in [2.05, 4.69) is 0 Å². The molecule has 2 rings (SSSR count). The minimum absolute atomic E-state index is 0.0929. The second-order valence-electron chi connectivity index (χ2n) is 8.11. The van der Waals surface area contributed by atoms with Crippen LogP contribution in [0.15, 0.2) is 59.5 Å². The maximum Gasteiger partial charge on any atom is 0.336 e. The maximum atomic E-state index is 12.9. The van der Waals surface area contributed by atoms with Crippen LogP contribution >= 0.6 is 11.8 Å². The summed E-state index contributed by atoms with van der Waals surface area (Å²) >= 11 is 1.32. The molecule has 0 aromatic heterocycles. The lowest BCUT2D eigenvalue weighted by molar-refractivity contribution is -0.151. The number of carboxylic acid groups (broad SMARTS) is 1. The largest absolute Gasteiger partial charge is 0.478 e. The van der Waals surface area contributed by atoms with Gasteiger partial charge < -0.3 is 14.6 Å². The van der Waals surface area contributed by atoms with Crippen molar-refractivity contribution in [2.45, 2.75) is 37.5 Å². The van der Waals surface area contributed by atoms with Crippen LogP contribution in [0.3, 0.4) is 0 Å². The molecular weight excluding hydrogens is 428 g/mol. The number of benzene rings is 2. The van der Waals surface area contributed by atoms with Crippen molar-refractivity contribution in [3.8, 4) is 0 Å². The number of ether oxygens (including phenoxy) is 2. The van der Waals surface area contributed by atoms with E-state index >= 15 is 0 Å². The van der Waals surface area contributed by atoms with Crippen LogP contribution in [-0.4, -0.2) is 43.0 Å². The van der Waals surface area contributed by atoms with Crippen molar-refractivity contribution < 1.29 is 29.0 Å². The van der Waals surface area contributed by atoms with Crippen LogP contribution in [0.2, 0.25) is 0 Å². The van der Waals surface area contributed by atoms with E-state index in [1.807, 2.05) is 44.2 Å². The normalized spacial score (nSPS) is 14.6. The van der Waals surface area contributed by atoms with Crippen molar-refractivity contribution in [3.63, 3.8) is 0 Å². The number of methoxy groups -OCH3 is 2. The molecule has 3 atom stereocenters. The zero-order valence-electron chi connectivity index (χ0n) is 18.9. The van der Waals surface area contributed by atoms with Gasteiger partial charge in [-0.15, -0.1) is 11.8 Å². The smallest absolute Gasteiger partial charge is 0.336 e. The number of carbonyl (C=O) groups is 3. The molecule has 0 aliphatic rings. The molecule has 6 nitrogen and oxygen atoms in total. The number of rotatable bonds is 11. The third-order valence-electron chi connectivity index (χ3n) is 5.55. The highest BCUT2D eigenvalue weighted by molar-refractivity contribution is 7.99. The van der Waals surface area contributed by atoms with E-state index < -0.39 is 11.4 Å². The predicted octanol–water partition coefficient (Wildman–Crippen LogP) is 5.03. The summed E-state index contributed by atoms with van der Waals surface area (Å²) in [6, 6.07) is 16.5. The first-order valence-corrected chi connectivity index (χ1v) is 11.4. The molecule has 0 aliphatic carbocycles. The van der Waals surface area contributed by atoms with E-state index in [1.54, 1.807) is 24.3 Å². The van der Waals surface area contributed by atoms with Crippen molar-refractivity contribution >= 4 is 29.7 Å². The van der Waals surface area contributed by atoms with Crippen molar-refractivity contribution in [1.29, 1.82) is 0 Å². The van der Waals surface area contributed by atoms with E-state index in [1.165, 1.54) is 26.0 Å². The summed E-state index contributed by atoms with van der Waals surface area (Å²) in [6.07, 6.45) is 0.951. The SMILES string of the molecule is COC(=O)C(C)CC(CC(C)(CSc1ccccc1C(=O)O)C(=O)OC)c1ccccc1. The third-order valence-corrected chi connectivity index (χ3v) is 7.00. The van der Waals surface area contributed by atoms with Crippen LogP contribution in [0.5, 0.6) is 0 Å². The average Bonchev–Trinajstić information content (AvgIpc) is 2.81. The highest BCUT2D eigenvalue weighted by Gasteiger charge is 2.38. The molecule has 32 heavy (non-hydrogen) atoms. The Labute approximate surface area is 193 Å². The molecule has 0 aliphatic heterocycles. The van der Waals surface area contributed by atoms with E-state index in [0.717, 1.165) is 5.56 Å². The lowest BCUT2D eigenvalue weighted by Gasteiger charge is -2.32. The molecule has 2 aromatic rings. The summed E-state index contributed by atoms with van der Waals surface area (Å²) < 4.78 is 10.0. The Kier molecular flexibility index (Phi) is 9.32. The number of esters is 2. The van der Waals surface area contributed by atoms with Gasteiger partial charge in [0, 0.05) is 10.6 Å². The summed E-state index contributed by atoms with van der Waals surface area (Å²) in [5.74, 6) is -1.78. The van der Waals surface area contributed by atoms with Gasteiger partial charge >= 0.3 is 17.9 Å². The molecule has 2 aromatic carbocycles. The highest BCUT2D eigenvalue weighted by atomic mass is 32.2. The van der Waals surface area contributed by atoms with Gasteiger partial charge in [-0.3, -0.25) is 9.59 Å². The first-order valence-electron chi connectivity index (χ1n) is 10.4. The molecule has 172 valence electrons. The molecule has 3 unspecified atom stereocenters. The van der Waals surface area contributed by atoms with Crippen LogP contribution in [0.25, 0.3) is 0 Å². The first-order chi connectivity index (χ1) is 15.2. The van der Waals surface area contributed by atoms with Crippen LogP contribution in [0.4, 0.5) is 0 Å². The molecule has 1 N–H and O–H groups in total. The van der Waals surface area contributed by atoms with Crippen LogP contribution < -0.4 is 0 Å². The lowest BCUT2D eigenvalue weighted by atomic mass is 9.76. The summed E-state index contributed by atoms with van der Waals surface area (Å²) in [5.41, 5.74) is 0.319. The van der Waals surface area contributed by atoms with Crippen LogP contribution in [0, 0.1) is 11.3 Å². The Morgan fingerprint density at radius 1 is 1.00 bits per heavy atom. The molecule has 0 spiro atoms. The van der Waals surface area contributed by atoms with Crippen LogP contribution in [-0.2, 0) is 19.1 Å². The number of hydrogen-bond donors (Lipinski definition) is 1. The fraction of sp³-hybridized carbons (Fsp3) is 0.400. The topological polar surface area (TPSA) is 89.9 Å². The minimum atomic E-state index is -1.01. The van der Waals surface area contributed by atoms with Crippen molar-refractivity contribution in [3.05, 3.63) is 65.7 Å². The van der Waals surface area contributed by atoms with Gasteiger partial charge in [0.1, 0.15) is 0 Å². The maximum absolute atomic E-state index is 12.9. The summed E-state index contributed by atoms with van der Waals surface area (Å²) in [4.78, 5) is 37.1. The number of aromatic carboxylic acids is 1. The molecule has 0 radical (unpaired) electrons. The Balaban J connectivity index is 2.33. The number of carbonyl (C=O) groups excluding carboxylic acids is 2. The Bertz CT molecular complexity index is 929. The number of thioether (sulfide) groups is 1. The molecular formula is C25H30O6S. The summed E-state index contributed by atoms with van der Waals surface area (Å²) in [6.45, 7) is 3.64. The monoisotopic (exact) mass is 458 g/mol. The standard InChI is InChI=1S/C25H30O6S/c1-17(23(28)30-3)14-19(18-10-6-5-7-11-18)15-25(2,24(29)31-4)16-32-21-13-9-8-12-20(21)22(26)27/h5-13,17,19H,14-16H2,1-4H3,(H,26,27). The number of carboxylic acids is 1. The quantitative estimate of drug-likeness (QED) is 0.373. The molecule has 0 heterocycles. The molecule has 0 saturated carbocycles. The molecule has 7 heteroatoms. The van der Waals surface area contributed by atoms with E-state index in [9.17, 15) is 19.5 Å². The molecule has 0 amide bonds. The minimum Gasteiger partial charge on any atom is -0.478 e. The van der Waals surface area contributed by atoms with Gasteiger partial charge in [0.25, 0.3) is 0 Å². The molecule has 0 saturated heterocycles. The van der Waals surface area contributed by atoms with Gasteiger partial charge in [-0.25, -0.2) is 4.79 Å². The van der Waals surface area contributed by atoms with E-state index in [4.69, 9.17) is 9.47 Å². The third kappa shape index (κ3) is 6.60. The van der Waals surface area contributed by atoms with Gasteiger partial charge in [0.15, 0.2) is 0 Å². The van der Waals surface area contributed by atoms with Crippen molar-refractivity contribution in [1.82, 2.24) is 0 Å². The fourth-order valence-electron chi connectivity index (χ4n) is 3.78. The first kappa shape index (κ1) is 25.5. The Morgan fingerprint density at radius 3 is 2.22 bits per heavy atom. The predicted molar refractivity (Wildman–Crippen MR) is 124 cm³/mol. The van der Waals surface area contributed by atoms with Gasteiger partial charge in [0.2, 0.25) is 0 Å². The second kappa shape index (κ2) is 11.7. The lowest BCUT2D eigenvalue weighted by Crippen LogP contribution is -2.34. The van der Waals surface area contributed by atoms with Gasteiger partial charge in [-0.05, 0) is 43.4 Å². The van der Waals surface area contributed by atoms with Crippen molar-refractivity contribution in [2.75, 3.05) is 20.0 Å². The zero-order chi connectivity index (χ0) is 23.7. The summed E-state index contributed by atoms with van der Waals surface area (Å²) in [5, 5.41) is 9.47. The van der Waals surface area contributed by atoms with Gasteiger partial charge in [-0.2, -0.15) is 0 Å². The summed E-state index contributed by atoms with van der Waals surface area (Å²) in [7, 11) is 2.72. The Hall–Kier alpha value is -2.80. The zero-order valence-corrected chi connectivity index (χ0v) is 19.7. The van der Waals surface area contributed by atoms with Crippen molar-refractivity contribution in [2.24, 2.45) is 11.3 Å². The van der Waals surface area contributed by atoms with E-state index in [-0.39, 0.29) is 29.3 Å². The fourth-order valence-corrected chi connectivity index (χ4v) is 4.98. The average molecular weight is 459 g/mol. The number of hydrogen-bond acceptors (Lipinski definition) is 6. The second-order valence-corrected chi connectivity index (χ2v) is 9.13. The Morgan fingerprint density at radius 2 is 1.62 bits per heavy atom. The highest BCUT2D eigenvalue weighted by Crippen LogP contribution is 2.41. The van der Waals surface area contributed by atoms with E-state index in [0.29, 0.717) is 23.5 Å². The molecule has 0 bridgehead atoms.